The first kappa shape index (κ1) is 20.4. The van der Waals surface area contributed by atoms with Crippen LogP contribution in [0.15, 0.2) is 48.5 Å². The van der Waals surface area contributed by atoms with Gasteiger partial charge in [0.15, 0.2) is 5.11 Å². The second kappa shape index (κ2) is 9.68. The molecule has 142 valence electrons. The van der Waals surface area contributed by atoms with Crippen molar-refractivity contribution in [3.63, 3.8) is 0 Å². The molecule has 0 saturated heterocycles. The van der Waals surface area contributed by atoms with Crippen molar-refractivity contribution >= 4 is 29.1 Å². The second-order valence-corrected chi connectivity index (χ2v) is 6.87. The number of rotatable bonds is 5. The number of carbonyl (C=O) groups is 2. The Labute approximate surface area is 164 Å². The summed E-state index contributed by atoms with van der Waals surface area (Å²) in [6.45, 7) is 6.64. The zero-order valence-electron chi connectivity index (χ0n) is 15.5. The molecule has 0 aliphatic rings. The Morgan fingerprint density at radius 3 is 2.33 bits per heavy atom. The predicted octanol–water partition coefficient (Wildman–Crippen LogP) is 2.98. The van der Waals surface area contributed by atoms with Gasteiger partial charge in [-0.1, -0.05) is 31.5 Å². The maximum atomic E-state index is 12.1. The summed E-state index contributed by atoms with van der Waals surface area (Å²) >= 11 is 5.03. The lowest BCUT2D eigenvalue weighted by atomic mass is 10.1. The molecule has 0 aliphatic carbocycles. The molecule has 2 aromatic rings. The van der Waals surface area contributed by atoms with E-state index < -0.39 is 0 Å². The Balaban J connectivity index is 1.82. The fourth-order valence-corrected chi connectivity index (χ4v) is 2.29. The van der Waals surface area contributed by atoms with Crippen LogP contribution in [0.3, 0.4) is 0 Å². The number of hydrogen-bond acceptors (Lipinski definition) is 4. The van der Waals surface area contributed by atoms with E-state index in [-0.39, 0.29) is 16.9 Å². The Hall–Kier alpha value is -2.93. The lowest BCUT2D eigenvalue weighted by molar-refractivity contribution is 0.0934. The van der Waals surface area contributed by atoms with Crippen molar-refractivity contribution in [3.8, 4) is 5.75 Å². The maximum Gasteiger partial charge on any atom is 0.269 e. The number of amides is 2. The molecule has 0 fully saturated rings. The van der Waals surface area contributed by atoms with Gasteiger partial charge < -0.3 is 4.74 Å². The van der Waals surface area contributed by atoms with Crippen molar-refractivity contribution in [1.29, 1.82) is 0 Å². The summed E-state index contributed by atoms with van der Waals surface area (Å²) in [6.07, 6.45) is 0. The van der Waals surface area contributed by atoms with Crippen molar-refractivity contribution in [2.45, 2.75) is 20.8 Å². The van der Waals surface area contributed by atoms with Crippen molar-refractivity contribution < 1.29 is 14.3 Å². The van der Waals surface area contributed by atoms with E-state index in [0.717, 1.165) is 5.56 Å². The molecule has 0 heterocycles. The van der Waals surface area contributed by atoms with Gasteiger partial charge in [-0.25, -0.2) is 0 Å². The molecule has 0 atom stereocenters. The molecule has 2 rings (SSSR count). The smallest absolute Gasteiger partial charge is 0.269 e. The molecule has 0 spiro atoms. The summed E-state index contributed by atoms with van der Waals surface area (Å²) in [5.41, 5.74) is 6.86. The fourth-order valence-electron chi connectivity index (χ4n) is 2.14. The van der Waals surface area contributed by atoms with E-state index in [1.807, 2.05) is 13.0 Å². The lowest BCUT2D eigenvalue weighted by Crippen LogP contribution is -2.48. The SMILES string of the molecule is Cc1cccc(C(=O)NC(=S)NNC(=O)c2ccc(OCC(C)C)cc2)c1. The zero-order valence-corrected chi connectivity index (χ0v) is 16.4. The molecular weight excluding hydrogens is 362 g/mol. The van der Waals surface area contributed by atoms with Gasteiger partial charge in [-0.15, -0.1) is 0 Å². The molecule has 3 N–H and O–H groups in total. The van der Waals surface area contributed by atoms with Gasteiger partial charge in [-0.2, -0.15) is 0 Å². The first-order chi connectivity index (χ1) is 12.8. The molecule has 0 aromatic heterocycles. The normalized spacial score (nSPS) is 10.2. The molecule has 0 aliphatic heterocycles. The fraction of sp³-hybridized carbons (Fsp3) is 0.250. The standard InChI is InChI=1S/C20H23N3O3S/c1-13(2)12-26-17-9-7-15(8-10-17)19(25)22-23-20(27)21-18(24)16-6-4-5-14(3)11-16/h4-11,13H,12H2,1-3H3,(H,22,25)(H2,21,23,24,27). The number of nitrogens with one attached hydrogen (secondary N) is 3. The minimum absolute atomic E-state index is 0.00624. The van der Waals surface area contributed by atoms with Crippen LogP contribution >= 0.6 is 12.2 Å². The van der Waals surface area contributed by atoms with E-state index >= 15 is 0 Å². The molecule has 27 heavy (non-hydrogen) atoms. The highest BCUT2D eigenvalue weighted by Gasteiger charge is 2.10. The van der Waals surface area contributed by atoms with Crippen LogP contribution in [-0.2, 0) is 0 Å². The number of hydrazine groups is 1. The van der Waals surface area contributed by atoms with Gasteiger partial charge in [0.25, 0.3) is 11.8 Å². The lowest BCUT2D eigenvalue weighted by Gasteiger charge is -2.12. The third kappa shape index (κ3) is 6.71. The van der Waals surface area contributed by atoms with Crippen LogP contribution in [0.25, 0.3) is 0 Å². The number of thiocarbonyl (C=S) groups is 1. The molecule has 7 heteroatoms. The number of ether oxygens (including phenoxy) is 1. The maximum absolute atomic E-state index is 12.1. The molecule has 0 radical (unpaired) electrons. The van der Waals surface area contributed by atoms with Crippen LogP contribution in [0, 0.1) is 12.8 Å². The summed E-state index contributed by atoms with van der Waals surface area (Å²) in [7, 11) is 0. The average Bonchev–Trinajstić information content (AvgIpc) is 2.64. The average molecular weight is 385 g/mol. The molecule has 0 unspecified atom stereocenters. The van der Waals surface area contributed by atoms with E-state index in [0.29, 0.717) is 29.4 Å². The second-order valence-electron chi connectivity index (χ2n) is 6.46. The van der Waals surface area contributed by atoms with Crippen LogP contribution in [0.5, 0.6) is 5.75 Å². The monoisotopic (exact) mass is 385 g/mol. The van der Waals surface area contributed by atoms with Crippen molar-refractivity contribution in [3.05, 3.63) is 65.2 Å². The van der Waals surface area contributed by atoms with E-state index in [2.05, 4.69) is 30.0 Å². The van der Waals surface area contributed by atoms with Gasteiger partial charge >= 0.3 is 0 Å². The Morgan fingerprint density at radius 2 is 1.70 bits per heavy atom. The first-order valence-corrected chi connectivity index (χ1v) is 8.97. The van der Waals surface area contributed by atoms with Crippen LogP contribution in [0.2, 0.25) is 0 Å². The molecule has 2 amide bonds. The Bertz CT molecular complexity index is 819. The van der Waals surface area contributed by atoms with Crippen molar-refractivity contribution in [2.24, 2.45) is 5.92 Å². The molecule has 0 saturated carbocycles. The van der Waals surface area contributed by atoms with Crippen molar-refractivity contribution in [2.75, 3.05) is 6.61 Å². The summed E-state index contributed by atoms with van der Waals surface area (Å²) in [5.74, 6) is 0.400. The van der Waals surface area contributed by atoms with E-state index in [1.165, 1.54) is 0 Å². The van der Waals surface area contributed by atoms with Gasteiger partial charge in [0, 0.05) is 11.1 Å². The number of aryl methyl sites for hydroxylation is 1. The van der Waals surface area contributed by atoms with Gasteiger partial charge in [0.2, 0.25) is 0 Å². The number of carbonyl (C=O) groups excluding carboxylic acids is 2. The number of hydrogen-bond donors (Lipinski definition) is 3. The van der Waals surface area contributed by atoms with E-state index in [4.69, 9.17) is 17.0 Å². The van der Waals surface area contributed by atoms with Crippen molar-refractivity contribution in [1.82, 2.24) is 16.2 Å². The third-order valence-corrected chi connectivity index (χ3v) is 3.70. The Morgan fingerprint density at radius 1 is 1.00 bits per heavy atom. The first-order valence-electron chi connectivity index (χ1n) is 8.56. The van der Waals surface area contributed by atoms with Crippen LogP contribution in [0.1, 0.15) is 40.1 Å². The number of benzene rings is 2. The molecule has 2 aromatic carbocycles. The quantitative estimate of drug-likeness (QED) is 0.545. The largest absolute Gasteiger partial charge is 0.493 e. The van der Waals surface area contributed by atoms with Crippen LogP contribution < -0.4 is 20.9 Å². The summed E-state index contributed by atoms with van der Waals surface area (Å²) in [4.78, 5) is 24.2. The van der Waals surface area contributed by atoms with Gasteiger partial charge in [0.05, 0.1) is 6.61 Å². The summed E-state index contributed by atoms with van der Waals surface area (Å²) < 4.78 is 5.58. The summed E-state index contributed by atoms with van der Waals surface area (Å²) in [6, 6.07) is 13.9. The van der Waals surface area contributed by atoms with Gasteiger partial charge in [-0.05, 0) is 61.5 Å². The van der Waals surface area contributed by atoms with Crippen LogP contribution in [0.4, 0.5) is 0 Å². The third-order valence-electron chi connectivity index (χ3n) is 3.50. The molecule has 0 bridgehead atoms. The van der Waals surface area contributed by atoms with E-state index in [1.54, 1.807) is 42.5 Å². The highest BCUT2D eigenvalue weighted by Crippen LogP contribution is 2.13. The highest BCUT2D eigenvalue weighted by molar-refractivity contribution is 7.80. The highest BCUT2D eigenvalue weighted by atomic mass is 32.1. The Kier molecular flexibility index (Phi) is 7.31. The molecular formula is C20H23N3O3S. The summed E-state index contributed by atoms with van der Waals surface area (Å²) in [5, 5.41) is 2.52. The topological polar surface area (TPSA) is 79.5 Å². The molecule has 6 nitrogen and oxygen atoms in total. The minimum Gasteiger partial charge on any atom is -0.493 e. The minimum atomic E-state index is -0.377. The van der Waals surface area contributed by atoms with Crippen LogP contribution in [-0.4, -0.2) is 23.5 Å². The van der Waals surface area contributed by atoms with E-state index in [9.17, 15) is 9.59 Å². The van der Waals surface area contributed by atoms with Gasteiger partial charge in [0.1, 0.15) is 5.75 Å². The van der Waals surface area contributed by atoms with Gasteiger partial charge in [-0.3, -0.25) is 25.8 Å². The predicted molar refractivity (Wildman–Crippen MR) is 109 cm³/mol. The zero-order chi connectivity index (χ0) is 19.8.